The van der Waals surface area contributed by atoms with E-state index >= 15 is 0 Å². The fourth-order valence-corrected chi connectivity index (χ4v) is 0. The van der Waals surface area contributed by atoms with Gasteiger partial charge >= 0.3 is 73.3 Å². The van der Waals surface area contributed by atoms with Crippen molar-refractivity contribution >= 4 is 14.5 Å². The van der Waals surface area contributed by atoms with Crippen molar-refractivity contribution in [2.45, 2.75) is 0 Å². The zero-order valence-electron chi connectivity index (χ0n) is 2.99. The average molecular weight is 206 g/mol. The van der Waals surface area contributed by atoms with E-state index in [-0.39, 0.29) is 46.6 Å². The average Bonchev–Trinajstić information content (AvgIpc) is 0.811. The van der Waals surface area contributed by atoms with Gasteiger partial charge in [0, 0.05) is 0 Å². The molecule has 0 heterocycles. The maximum absolute atomic E-state index is 8.54. The van der Waals surface area contributed by atoms with Gasteiger partial charge in [-0.3, -0.25) is 0 Å². The monoisotopic (exact) mass is 207 g/mol. The summed E-state index contributed by atoms with van der Waals surface area (Å²) in [6, 6.07) is 0. The summed E-state index contributed by atoms with van der Waals surface area (Å²) in [6.45, 7) is 0. The molecule has 0 aromatic heterocycles. The Morgan fingerprint density at radius 1 is 1.33 bits per heavy atom. The Bertz CT molecular complexity index is 33.8. The molecular formula is FeNaO3Se+. The Morgan fingerprint density at radius 2 is 1.33 bits per heavy atom. The van der Waals surface area contributed by atoms with E-state index in [2.05, 4.69) is 0 Å². The summed E-state index contributed by atoms with van der Waals surface area (Å²) in [6.07, 6.45) is 0. The van der Waals surface area contributed by atoms with Crippen LogP contribution < -0.4 is 37.9 Å². The topological polar surface area (TPSA) is 63.2 Å². The summed E-state index contributed by atoms with van der Waals surface area (Å²) in [7, 11) is 0. The molecule has 0 aliphatic carbocycles. The molecule has 6 heavy (non-hydrogen) atoms. The Hall–Kier alpha value is 1.76. The molecular weight excluding hydrogens is 206 g/mol. The van der Waals surface area contributed by atoms with E-state index in [0.29, 0.717) is 0 Å². The van der Waals surface area contributed by atoms with Crippen LogP contribution in [0.4, 0.5) is 0 Å². The summed E-state index contributed by atoms with van der Waals surface area (Å²) >= 11 is -3.79. The minimum absolute atomic E-state index is 0. The van der Waals surface area contributed by atoms with Crippen LogP contribution in [0, 0.1) is 0 Å². The minimum Gasteiger partial charge on any atom is 1.00 e. The Balaban J connectivity index is -0.0000000450. The second kappa shape index (κ2) is 9.90. The summed E-state index contributed by atoms with van der Waals surface area (Å²) in [5.41, 5.74) is 0. The van der Waals surface area contributed by atoms with Crippen LogP contribution in [0.5, 0.6) is 0 Å². The Morgan fingerprint density at radius 3 is 1.33 bits per heavy atom. The van der Waals surface area contributed by atoms with Crippen LogP contribution >= 0.6 is 0 Å². The van der Waals surface area contributed by atoms with Crippen LogP contribution in [-0.2, 0) is 20.9 Å². The number of hydrogen-bond acceptors (Lipinski definition) is 3. The second-order valence-electron chi connectivity index (χ2n) is 0.204. The molecule has 0 aliphatic heterocycles. The van der Waals surface area contributed by atoms with Crippen molar-refractivity contribution in [2.24, 2.45) is 0 Å². The van der Waals surface area contributed by atoms with E-state index in [9.17, 15) is 0 Å². The smallest absolute Gasteiger partial charge is 1.00 e. The molecule has 0 aromatic carbocycles. The predicted molar refractivity (Wildman–Crippen MR) is 6.44 cm³/mol. The van der Waals surface area contributed by atoms with Gasteiger partial charge < -0.3 is 0 Å². The molecule has 0 aliphatic rings. The third-order valence-corrected chi connectivity index (χ3v) is 0. The predicted octanol–water partition coefficient (Wildman–Crippen LogP) is -5.88. The quantitative estimate of drug-likeness (QED) is 0.370. The van der Waals surface area contributed by atoms with Crippen LogP contribution in [0.1, 0.15) is 0 Å². The van der Waals surface area contributed by atoms with Gasteiger partial charge in [0.25, 0.3) is 0 Å². The Kier molecular flexibility index (Phi) is 25.8. The van der Waals surface area contributed by atoms with Gasteiger partial charge in [0.2, 0.25) is 0 Å². The standard InChI is InChI=1S/Fe.Na.H2O3Se/c;;1-4(2)3/h;;(H2,1,2,3)/q+2;+1;/p-2. The van der Waals surface area contributed by atoms with Gasteiger partial charge in [0.05, 0.1) is 0 Å². The first-order valence-electron chi connectivity index (χ1n) is 0.500. The van der Waals surface area contributed by atoms with Crippen LogP contribution in [0.3, 0.4) is 0 Å². The zero-order chi connectivity index (χ0) is 3.58. The first-order chi connectivity index (χ1) is 1.73. The van der Waals surface area contributed by atoms with Crippen molar-refractivity contribution in [3.63, 3.8) is 0 Å². The number of rotatable bonds is 0. The molecule has 0 bridgehead atoms. The maximum Gasteiger partial charge on any atom is 2.00 e. The van der Waals surface area contributed by atoms with Gasteiger partial charge in [0.1, 0.15) is 0 Å². The molecule has 0 rings (SSSR count). The SMILES string of the molecule is O=[Se]([O-])[O-].[Fe+2].[Na+]. The normalized spacial score (nSPS) is 5.83. The molecule has 0 aromatic rings. The van der Waals surface area contributed by atoms with E-state index < -0.39 is 14.5 Å². The zero-order valence-corrected chi connectivity index (χ0v) is 7.80. The van der Waals surface area contributed by atoms with E-state index in [1.807, 2.05) is 0 Å². The molecule has 0 saturated carbocycles. The summed E-state index contributed by atoms with van der Waals surface area (Å²) < 4.78 is 25.6. The third-order valence-electron chi connectivity index (χ3n) is 0. The van der Waals surface area contributed by atoms with Crippen LogP contribution in [0.25, 0.3) is 0 Å². The summed E-state index contributed by atoms with van der Waals surface area (Å²) in [5, 5.41) is 0. The second-order valence-corrected chi connectivity index (χ2v) is 1.06. The van der Waals surface area contributed by atoms with Gasteiger partial charge in [-0.15, -0.1) is 0 Å². The molecule has 0 atom stereocenters. The molecule has 6 heteroatoms. The summed E-state index contributed by atoms with van der Waals surface area (Å²) in [4.78, 5) is 0. The molecule has 0 fully saturated rings. The van der Waals surface area contributed by atoms with E-state index in [1.54, 1.807) is 0 Å². The van der Waals surface area contributed by atoms with Gasteiger partial charge in [-0.25, -0.2) is 0 Å². The van der Waals surface area contributed by atoms with Crippen molar-refractivity contribution in [1.82, 2.24) is 0 Å². The fraction of sp³-hybridized carbons (Fsp3) is 0. The van der Waals surface area contributed by atoms with Gasteiger partial charge in [0.15, 0.2) is 0 Å². The maximum atomic E-state index is 8.54. The molecule has 32 valence electrons. The van der Waals surface area contributed by atoms with Crippen molar-refractivity contribution in [3.8, 4) is 0 Å². The van der Waals surface area contributed by atoms with E-state index in [0.717, 1.165) is 0 Å². The number of hydrogen-bond donors (Lipinski definition) is 0. The molecule has 0 unspecified atom stereocenters. The first kappa shape index (κ1) is 15.7. The van der Waals surface area contributed by atoms with Crippen molar-refractivity contribution in [1.29, 1.82) is 0 Å². The van der Waals surface area contributed by atoms with Crippen LogP contribution in [-0.4, -0.2) is 14.5 Å². The fourth-order valence-electron chi connectivity index (χ4n) is 0. The van der Waals surface area contributed by atoms with E-state index in [1.165, 1.54) is 0 Å². The van der Waals surface area contributed by atoms with Gasteiger partial charge in [-0.1, -0.05) is 0 Å². The van der Waals surface area contributed by atoms with Crippen molar-refractivity contribution in [2.75, 3.05) is 0 Å². The minimum atomic E-state index is -3.79. The molecule has 0 N–H and O–H groups in total. The van der Waals surface area contributed by atoms with Crippen LogP contribution in [0.15, 0.2) is 0 Å². The Labute approximate surface area is 72.6 Å². The summed E-state index contributed by atoms with van der Waals surface area (Å²) in [5.74, 6) is 0. The molecule has 0 amide bonds. The van der Waals surface area contributed by atoms with Crippen LogP contribution in [0.2, 0.25) is 0 Å². The molecule has 3 nitrogen and oxygen atoms in total. The van der Waals surface area contributed by atoms with Gasteiger partial charge in [-0.05, 0) is 0 Å². The molecule has 0 radical (unpaired) electrons. The first-order valence-corrected chi connectivity index (χ1v) is 2.60. The third kappa shape index (κ3) is 42.2. The largest absolute Gasteiger partial charge is 2.00 e. The molecule has 0 saturated heterocycles. The van der Waals surface area contributed by atoms with E-state index in [4.69, 9.17) is 12.2 Å². The van der Waals surface area contributed by atoms with Crippen molar-refractivity contribution in [3.05, 3.63) is 0 Å². The molecule has 0 spiro atoms. The van der Waals surface area contributed by atoms with Gasteiger partial charge in [-0.2, -0.15) is 0 Å². The van der Waals surface area contributed by atoms with Crippen molar-refractivity contribution < 1.29 is 58.8 Å².